The Labute approximate surface area is 51.4 Å². The molecule has 0 aromatic carbocycles. The maximum absolute atomic E-state index is 6.49. The van der Waals surface area contributed by atoms with Crippen molar-refractivity contribution in [3.8, 4) is 0 Å². The maximum Gasteiger partial charge on any atom is 0.173 e. The van der Waals surface area contributed by atoms with Crippen LogP contribution in [0.1, 0.15) is 13.8 Å². The molecule has 0 rings (SSSR count). The van der Waals surface area contributed by atoms with Crippen molar-refractivity contribution in [2.45, 2.75) is 20.0 Å². The number of hydrogen-bond donors (Lipinski definition) is 0. The standard InChI is InChI=1S/C7H11O/c1-5-6(2)7(3)8-4/h5-7H,1H2,2-3H3. The van der Waals surface area contributed by atoms with Gasteiger partial charge in [0.2, 0.25) is 0 Å². The summed E-state index contributed by atoms with van der Waals surface area (Å²) in [6.07, 6.45) is 1.74. The molecule has 1 nitrogen and oxygen atoms in total. The van der Waals surface area contributed by atoms with E-state index in [1.165, 1.54) is 0 Å². The summed E-state index contributed by atoms with van der Waals surface area (Å²) in [5, 5.41) is 0. The molecule has 0 N–H and O–H groups in total. The first kappa shape index (κ1) is 7.70. The first-order chi connectivity index (χ1) is 3.72. The molecule has 0 bridgehead atoms. The minimum Gasteiger partial charge on any atom is -0.362 e. The summed E-state index contributed by atoms with van der Waals surface area (Å²) >= 11 is 0. The monoisotopic (exact) mass is 111 g/mol. The van der Waals surface area contributed by atoms with Crippen molar-refractivity contribution < 1.29 is 4.74 Å². The molecule has 8 heavy (non-hydrogen) atoms. The Bertz CT molecular complexity index is 68.8. The molecular weight excluding hydrogens is 100 g/mol. The lowest BCUT2D eigenvalue weighted by molar-refractivity contribution is 0.123. The van der Waals surface area contributed by atoms with Crippen molar-refractivity contribution in [2.75, 3.05) is 0 Å². The van der Waals surface area contributed by atoms with Crippen LogP contribution in [0.5, 0.6) is 0 Å². The molecule has 1 heteroatoms. The van der Waals surface area contributed by atoms with Crippen molar-refractivity contribution in [1.29, 1.82) is 0 Å². The molecule has 45 valence electrons. The molecule has 2 unspecified atom stereocenters. The van der Waals surface area contributed by atoms with Gasteiger partial charge in [-0.3, -0.25) is 0 Å². The average Bonchev–Trinajstić information content (AvgIpc) is 1.84. The van der Waals surface area contributed by atoms with Gasteiger partial charge in [0.25, 0.3) is 0 Å². The molecule has 0 spiro atoms. The quantitative estimate of drug-likeness (QED) is 0.504. The van der Waals surface area contributed by atoms with E-state index in [4.69, 9.17) is 7.11 Å². The van der Waals surface area contributed by atoms with Gasteiger partial charge in [0.1, 0.15) is 0 Å². The highest BCUT2D eigenvalue weighted by Crippen LogP contribution is 2.05. The molecule has 0 aromatic heterocycles. The van der Waals surface area contributed by atoms with Crippen LogP contribution >= 0.6 is 0 Å². The van der Waals surface area contributed by atoms with E-state index in [9.17, 15) is 0 Å². The summed E-state index contributed by atoms with van der Waals surface area (Å²) in [4.78, 5) is 0. The minimum atomic E-state index is -0.0347. The third-order valence-electron chi connectivity index (χ3n) is 1.30. The van der Waals surface area contributed by atoms with Gasteiger partial charge in [-0.25, -0.2) is 0 Å². The molecule has 0 saturated carbocycles. The van der Waals surface area contributed by atoms with Crippen molar-refractivity contribution in [1.82, 2.24) is 0 Å². The highest BCUT2D eigenvalue weighted by Gasteiger charge is 2.05. The molecule has 0 saturated heterocycles. The van der Waals surface area contributed by atoms with Crippen molar-refractivity contribution in [3.05, 3.63) is 19.8 Å². The third-order valence-corrected chi connectivity index (χ3v) is 1.30. The van der Waals surface area contributed by atoms with E-state index in [1.54, 1.807) is 6.08 Å². The van der Waals surface area contributed by atoms with Gasteiger partial charge in [-0.2, -0.15) is 0 Å². The van der Waals surface area contributed by atoms with Crippen LogP contribution in [-0.2, 0) is 4.74 Å². The average molecular weight is 111 g/mol. The lowest BCUT2D eigenvalue weighted by Crippen LogP contribution is -2.12. The number of rotatable bonds is 3. The summed E-state index contributed by atoms with van der Waals surface area (Å²) < 4.78 is 4.28. The highest BCUT2D eigenvalue weighted by atomic mass is 16.5. The Balaban J connectivity index is 3.44. The van der Waals surface area contributed by atoms with Gasteiger partial charge in [0, 0.05) is 0 Å². The topological polar surface area (TPSA) is 9.23 Å². The van der Waals surface area contributed by atoms with Gasteiger partial charge >= 0.3 is 0 Å². The third kappa shape index (κ3) is 2.12. The predicted octanol–water partition coefficient (Wildman–Crippen LogP) is 1.76. The van der Waals surface area contributed by atoms with Crippen LogP contribution < -0.4 is 0 Å². The fourth-order valence-electron chi connectivity index (χ4n) is 0.299. The van der Waals surface area contributed by atoms with E-state index in [2.05, 4.69) is 11.3 Å². The van der Waals surface area contributed by atoms with Gasteiger partial charge in [-0.1, -0.05) is 13.0 Å². The molecule has 0 aliphatic rings. The second-order valence-corrected chi connectivity index (χ2v) is 1.92. The molecule has 0 aromatic rings. The summed E-state index contributed by atoms with van der Waals surface area (Å²) in [6.45, 7) is 7.38. The summed E-state index contributed by atoms with van der Waals surface area (Å²) in [7, 11) is 6.49. The number of ether oxygens (including phenoxy) is 1. The van der Waals surface area contributed by atoms with Crippen molar-refractivity contribution >= 4 is 0 Å². The minimum absolute atomic E-state index is 0.0347. The highest BCUT2D eigenvalue weighted by molar-refractivity contribution is 4.79. The van der Waals surface area contributed by atoms with Gasteiger partial charge in [-0.15, -0.1) is 6.58 Å². The van der Waals surface area contributed by atoms with Gasteiger partial charge in [0.15, 0.2) is 7.11 Å². The lowest BCUT2D eigenvalue weighted by Gasteiger charge is -2.11. The molecule has 2 atom stereocenters. The van der Waals surface area contributed by atoms with Gasteiger partial charge in [0.05, 0.1) is 6.10 Å². The summed E-state index contributed by atoms with van der Waals surface area (Å²) in [5.74, 6) is 0.271. The first-order valence-corrected chi connectivity index (χ1v) is 2.67. The Morgan fingerprint density at radius 3 is 2.25 bits per heavy atom. The van der Waals surface area contributed by atoms with Crippen LogP contribution in [0.4, 0.5) is 0 Å². The van der Waals surface area contributed by atoms with Crippen LogP contribution in [0.3, 0.4) is 0 Å². The zero-order chi connectivity index (χ0) is 6.57. The summed E-state index contributed by atoms with van der Waals surface area (Å²) in [5.41, 5.74) is 0. The van der Waals surface area contributed by atoms with E-state index in [-0.39, 0.29) is 12.0 Å². The van der Waals surface area contributed by atoms with E-state index < -0.39 is 0 Å². The molecule has 0 aliphatic heterocycles. The molecule has 0 aliphatic carbocycles. The molecule has 0 fully saturated rings. The van der Waals surface area contributed by atoms with E-state index in [0.29, 0.717) is 0 Å². The normalized spacial score (nSPS) is 17.4. The molecular formula is C7H11O. The smallest absolute Gasteiger partial charge is 0.173 e. The predicted molar refractivity (Wildman–Crippen MR) is 33.2 cm³/mol. The Morgan fingerprint density at radius 1 is 1.62 bits per heavy atom. The molecule has 3 radical (unpaired) electrons. The zero-order valence-electron chi connectivity index (χ0n) is 5.35. The van der Waals surface area contributed by atoms with E-state index >= 15 is 0 Å². The zero-order valence-corrected chi connectivity index (χ0v) is 5.35. The molecule has 0 heterocycles. The fraction of sp³-hybridized carbons (Fsp3) is 0.571. The second kappa shape index (κ2) is 3.67. The van der Waals surface area contributed by atoms with Crippen molar-refractivity contribution in [2.24, 2.45) is 5.92 Å². The Morgan fingerprint density at radius 2 is 2.12 bits per heavy atom. The largest absolute Gasteiger partial charge is 0.362 e. The van der Waals surface area contributed by atoms with Gasteiger partial charge < -0.3 is 4.74 Å². The first-order valence-electron chi connectivity index (χ1n) is 2.67. The molecule has 0 amide bonds. The van der Waals surface area contributed by atoms with Gasteiger partial charge in [-0.05, 0) is 12.8 Å². The van der Waals surface area contributed by atoms with Crippen LogP contribution in [0.2, 0.25) is 0 Å². The van der Waals surface area contributed by atoms with Crippen LogP contribution in [0, 0.1) is 13.0 Å². The van der Waals surface area contributed by atoms with Crippen LogP contribution in [-0.4, -0.2) is 6.10 Å². The van der Waals surface area contributed by atoms with E-state index in [1.807, 2.05) is 13.8 Å². The van der Waals surface area contributed by atoms with E-state index in [0.717, 1.165) is 0 Å². The summed E-state index contributed by atoms with van der Waals surface area (Å²) in [6, 6.07) is 0. The lowest BCUT2D eigenvalue weighted by atomic mass is 10.1. The SMILES string of the molecule is [C]OC(C)C(C)C=C. The van der Waals surface area contributed by atoms with Crippen molar-refractivity contribution in [3.63, 3.8) is 0 Å². The Hall–Kier alpha value is -0.300. The van der Waals surface area contributed by atoms with Crippen LogP contribution in [0.25, 0.3) is 0 Å². The maximum atomic E-state index is 6.49. The number of hydrogen-bond acceptors (Lipinski definition) is 1. The van der Waals surface area contributed by atoms with Crippen LogP contribution in [0.15, 0.2) is 12.7 Å². The fourth-order valence-corrected chi connectivity index (χ4v) is 0.299. The Kier molecular flexibility index (Phi) is 3.53. The second-order valence-electron chi connectivity index (χ2n) is 1.92.